The van der Waals surface area contributed by atoms with E-state index in [1.807, 2.05) is 0 Å². The van der Waals surface area contributed by atoms with E-state index in [2.05, 4.69) is 15.3 Å². The molecule has 7 nitrogen and oxygen atoms in total. The van der Waals surface area contributed by atoms with Crippen molar-refractivity contribution in [2.24, 2.45) is 0 Å². The van der Waals surface area contributed by atoms with Crippen LogP contribution in [0, 0.1) is 5.82 Å². The number of nitrogens with zero attached hydrogens (tertiary/aromatic N) is 2. The Hall–Kier alpha value is -2.46. The number of anilines is 2. The Balaban J connectivity index is 1.47. The molecule has 11 heteroatoms. The molecule has 32 heavy (non-hydrogen) atoms. The van der Waals surface area contributed by atoms with Gasteiger partial charge in [-0.15, -0.1) is 0 Å². The fourth-order valence-electron chi connectivity index (χ4n) is 3.85. The van der Waals surface area contributed by atoms with Gasteiger partial charge in [-0.05, 0) is 18.2 Å². The molecular weight excluding hydrogens is 467 g/mol. The maximum Gasteiger partial charge on any atom is 0.166 e. The third-order valence-corrected chi connectivity index (χ3v) is 6.22. The zero-order chi connectivity index (χ0) is 22.4. The van der Waals surface area contributed by atoms with Crippen LogP contribution < -0.4 is 14.8 Å². The fraction of sp³-hybridized carbons (Fsp3) is 0.333. The maximum absolute atomic E-state index is 14.5. The standard InChI is InChI=1S/C21H17Cl2F2N3O4/c1-29-14-4-9-13(5-15(14)32-16-7-31-19-11(24)6-30-20(16)19)26-8-27-21(9)28-12-3-2-10(22)17(23)18(12)25/h2-5,8,11,16,19-20H,6-7H2,1H3,(H,26,27,28)/t11?,16?,19-,20-/m0/s1. The molecular formula is C21H17Cl2F2N3O4. The molecule has 4 atom stereocenters. The first-order chi connectivity index (χ1) is 15.5. The van der Waals surface area contributed by atoms with Gasteiger partial charge in [0.1, 0.15) is 24.4 Å². The van der Waals surface area contributed by atoms with E-state index in [9.17, 15) is 8.78 Å². The molecule has 5 rings (SSSR count). The molecule has 1 N–H and O–H groups in total. The second kappa shape index (κ2) is 8.47. The molecule has 0 radical (unpaired) electrons. The van der Waals surface area contributed by atoms with Crippen LogP contribution in [0.1, 0.15) is 0 Å². The van der Waals surface area contributed by atoms with Gasteiger partial charge in [0.05, 0.1) is 41.6 Å². The highest BCUT2D eigenvalue weighted by Gasteiger charge is 2.49. The number of aromatic nitrogens is 2. The van der Waals surface area contributed by atoms with Gasteiger partial charge in [-0.25, -0.2) is 18.7 Å². The van der Waals surface area contributed by atoms with Gasteiger partial charge in [-0.1, -0.05) is 23.2 Å². The second-order valence-electron chi connectivity index (χ2n) is 7.36. The van der Waals surface area contributed by atoms with Crippen LogP contribution in [0.4, 0.5) is 20.3 Å². The van der Waals surface area contributed by atoms with Crippen molar-refractivity contribution in [3.8, 4) is 11.5 Å². The lowest BCUT2D eigenvalue weighted by Crippen LogP contribution is -2.33. The van der Waals surface area contributed by atoms with Gasteiger partial charge in [0.15, 0.2) is 29.6 Å². The smallest absolute Gasteiger partial charge is 0.166 e. The van der Waals surface area contributed by atoms with Gasteiger partial charge < -0.3 is 24.3 Å². The Labute approximate surface area is 191 Å². The van der Waals surface area contributed by atoms with Gasteiger partial charge in [-0.3, -0.25) is 0 Å². The fourth-order valence-corrected chi connectivity index (χ4v) is 4.16. The first kappa shape index (κ1) is 21.4. The predicted octanol–water partition coefficient (Wildman–Crippen LogP) is 4.71. The quantitative estimate of drug-likeness (QED) is 0.526. The number of rotatable bonds is 5. The first-order valence-electron chi connectivity index (χ1n) is 9.73. The van der Waals surface area contributed by atoms with Crippen molar-refractivity contribution < 1.29 is 27.7 Å². The Bertz CT molecular complexity index is 1190. The van der Waals surface area contributed by atoms with Crippen molar-refractivity contribution >= 4 is 45.6 Å². The molecule has 0 spiro atoms. The average molecular weight is 484 g/mol. The van der Waals surface area contributed by atoms with Gasteiger partial charge >= 0.3 is 0 Å². The molecule has 2 saturated heterocycles. The van der Waals surface area contributed by atoms with Crippen molar-refractivity contribution in [3.05, 3.63) is 46.5 Å². The summed E-state index contributed by atoms with van der Waals surface area (Å²) < 4.78 is 50.9. The van der Waals surface area contributed by atoms with Crippen molar-refractivity contribution in [1.29, 1.82) is 0 Å². The van der Waals surface area contributed by atoms with Crippen molar-refractivity contribution in [3.63, 3.8) is 0 Å². The minimum atomic E-state index is -1.17. The van der Waals surface area contributed by atoms with Crippen LogP contribution in [0.3, 0.4) is 0 Å². The lowest BCUT2D eigenvalue weighted by Gasteiger charge is -2.20. The minimum absolute atomic E-state index is 0.0163. The van der Waals surface area contributed by atoms with E-state index in [0.29, 0.717) is 28.2 Å². The third-order valence-electron chi connectivity index (χ3n) is 5.43. The highest BCUT2D eigenvalue weighted by atomic mass is 35.5. The van der Waals surface area contributed by atoms with Crippen molar-refractivity contribution in [1.82, 2.24) is 9.97 Å². The molecule has 2 aliphatic heterocycles. The van der Waals surface area contributed by atoms with Crippen LogP contribution in [0.2, 0.25) is 10.0 Å². The number of alkyl halides is 1. The molecule has 2 aliphatic rings. The van der Waals surface area contributed by atoms with Gasteiger partial charge in [0.25, 0.3) is 0 Å². The summed E-state index contributed by atoms with van der Waals surface area (Å²) in [6, 6.07) is 6.28. The minimum Gasteiger partial charge on any atom is -0.493 e. The number of halogens is 4. The number of hydrogen-bond acceptors (Lipinski definition) is 7. The van der Waals surface area contributed by atoms with E-state index in [-0.39, 0.29) is 28.9 Å². The summed E-state index contributed by atoms with van der Waals surface area (Å²) in [5.41, 5.74) is 0.622. The second-order valence-corrected chi connectivity index (χ2v) is 8.14. The summed E-state index contributed by atoms with van der Waals surface area (Å²) >= 11 is 11.8. The summed E-state index contributed by atoms with van der Waals surface area (Å²) in [6.07, 6.45) is -1.46. The summed E-state index contributed by atoms with van der Waals surface area (Å²) in [6.45, 7) is 0.182. The van der Waals surface area contributed by atoms with Gasteiger partial charge in [0, 0.05) is 11.5 Å². The summed E-state index contributed by atoms with van der Waals surface area (Å²) in [7, 11) is 1.49. The predicted molar refractivity (Wildman–Crippen MR) is 115 cm³/mol. The first-order valence-corrected chi connectivity index (χ1v) is 10.5. The maximum atomic E-state index is 14.5. The Morgan fingerprint density at radius 3 is 2.72 bits per heavy atom. The Morgan fingerprint density at radius 2 is 1.91 bits per heavy atom. The number of benzene rings is 2. The van der Waals surface area contributed by atoms with E-state index in [1.54, 1.807) is 12.1 Å². The Kier molecular flexibility index (Phi) is 5.66. The topological polar surface area (TPSA) is 74.7 Å². The number of ether oxygens (including phenoxy) is 4. The van der Waals surface area contributed by atoms with Crippen LogP contribution in [0.15, 0.2) is 30.6 Å². The molecule has 168 valence electrons. The van der Waals surface area contributed by atoms with Crippen LogP contribution in [-0.2, 0) is 9.47 Å². The van der Waals surface area contributed by atoms with Crippen molar-refractivity contribution in [2.45, 2.75) is 24.5 Å². The average Bonchev–Trinajstić information content (AvgIpc) is 3.37. The third kappa shape index (κ3) is 3.69. The lowest BCUT2D eigenvalue weighted by molar-refractivity contribution is 0.0271. The monoisotopic (exact) mass is 483 g/mol. The molecule has 1 aromatic heterocycles. The molecule has 2 unspecified atom stereocenters. The SMILES string of the molecule is COc1cc2c(Nc3ccc(Cl)c(Cl)c3F)ncnc2cc1OC1CO[C@H]2C(F)CO[C@@H]12. The number of hydrogen-bond donors (Lipinski definition) is 1. The number of methoxy groups -OCH3 is 1. The van der Waals surface area contributed by atoms with E-state index in [0.717, 1.165) is 0 Å². The molecule has 3 aromatic rings. The highest BCUT2D eigenvalue weighted by molar-refractivity contribution is 6.42. The van der Waals surface area contributed by atoms with Crippen LogP contribution in [0.5, 0.6) is 11.5 Å². The summed E-state index contributed by atoms with van der Waals surface area (Å²) in [5, 5.41) is 3.39. The van der Waals surface area contributed by atoms with Gasteiger partial charge in [0.2, 0.25) is 0 Å². The van der Waals surface area contributed by atoms with E-state index in [4.69, 9.17) is 42.1 Å². The summed E-state index contributed by atoms with van der Waals surface area (Å²) in [5.74, 6) is 0.422. The molecule has 0 aliphatic carbocycles. The zero-order valence-corrected chi connectivity index (χ0v) is 18.2. The van der Waals surface area contributed by atoms with Crippen molar-refractivity contribution in [2.75, 3.05) is 25.6 Å². The molecule has 0 amide bonds. The number of nitrogens with one attached hydrogen (secondary N) is 1. The zero-order valence-electron chi connectivity index (χ0n) is 16.6. The van der Waals surface area contributed by atoms with E-state index < -0.39 is 30.3 Å². The molecule has 2 aromatic carbocycles. The molecule has 2 fully saturated rings. The van der Waals surface area contributed by atoms with E-state index in [1.165, 1.54) is 25.6 Å². The molecule has 0 bridgehead atoms. The Morgan fingerprint density at radius 1 is 1.09 bits per heavy atom. The molecule has 0 saturated carbocycles. The van der Waals surface area contributed by atoms with Crippen LogP contribution >= 0.6 is 23.2 Å². The number of fused-ring (bicyclic) bond motifs is 2. The lowest BCUT2D eigenvalue weighted by atomic mass is 10.1. The largest absolute Gasteiger partial charge is 0.493 e. The van der Waals surface area contributed by atoms with Gasteiger partial charge in [-0.2, -0.15) is 0 Å². The van der Waals surface area contributed by atoms with Crippen LogP contribution in [0.25, 0.3) is 10.9 Å². The van der Waals surface area contributed by atoms with E-state index >= 15 is 0 Å². The normalized spacial score (nSPS) is 24.5. The summed E-state index contributed by atoms with van der Waals surface area (Å²) in [4.78, 5) is 8.49. The van der Waals surface area contributed by atoms with Crippen LogP contribution in [-0.4, -0.2) is 54.8 Å². The molecule has 3 heterocycles. The highest BCUT2D eigenvalue weighted by Crippen LogP contribution is 2.39.